The molecule has 0 saturated carbocycles. The number of nitrogens with two attached hydrogens (primary N) is 1. The summed E-state index contributed by atoms with van der Waals surface area (Å²) in [7, 11) is 0. The first-order valence-electron chi connectivity index (χ1n) is 6.56. The number of rotatable bonds is 3. The lowest BCUT2D eigenvalue weighted by Gasteiger charge is -2.21. The second-order valence-corrected chi connectivity index (χ2v) is 5.89. The molecule has 0 radical (unpaired) electrons. The van der Waals surface area contributed by atoms with Crippen LogP contribution in [0.1, 0.15) is 44.4 Å². The Morgan fingerprint density at radius 3 is 2.22 bits per heavy atom. The number of hydrogen-bond donors (Lipinski definition) is 1. The molecule has 0 aliphatic carbocycles. The zero-order chi connectivity index (χ0) is 13.2. The van der Waals surface area contributed by atoms with E-state index < -0.39 is 0 Å². The van der Waals surface area contributed by atoms with E-state index in [2.05, 4.69) is 45.0 Å². The van der Waals surface area contributed by atoms with Crippen LogP contribution >= 0.6 is 0 Å². The Morgan fingerprint density at radius 2 is 1.72 bits per heavy atom. The largest absolute Gasteiger partial charge is 0.350 e. The van der Waals surface area contributed by atoms with Crippen molar-refractivity contribution in [2.45, 2.75) is 44.9 Å². The maximum atomic E-state index is 6.17. The molecule has 0 amide bonds. The van der Waals surface area contributed by atoms with E-state index in [1.807, 2.05) is 0 Å². The van der Waals surface area contributed by atoms with Crippen LogP contribution in [0.15, 0.2) is 24.3 Å². The van der Waals surface area contributed by atoms with Crippen LogP contribution in [0.4, 0.5) is 0 Å². The van der Waals surface area contributed by atoms with Crippen molar-refractivity contribution >= 4 is 0 Å². The molecule has 0 aromatic heterocycles. The minimum atomic E-state index is -0.137. The Hall–Kier alpha value is -0.900. The van der Waals surface area contributed by atoms with Crippen LogP contribution in [-0.2, 0) is 14.9 Å². The highest BCUT2D eigenvalue weighted by atomic mass is 16.7. The van der Waals surface area contributed by atoms with Gasteiger partial charge in [-0.1, -0.05) is 45.0 Å². The van der Waals surface area contributed by atoms with Crippen LogP contribution in [0.5, 0.6) is 0 Å². The van der Waals surface area contributed by atoms with Crippen LogP contribution in [0.25, 0.3) is 0 Å². The van der Waals surface area contributed by atoms with E-state index in [1.54, 1.807) is 0 Å². The maximum Gasteiger partial charge on any atom is 0.159 e. The Morgan fingerprint density at radius 1 is 1.17 bits per heavy atom. The summed E-state index contributed by atoms with van der Waals surface area (Å²) >= 11 is 0. The molecule has 1 aromatic carbocycles. The Kier molecular flexibility index (Phi) is 4.05. The van der Waals surface area contributed by atoms with Gasteiger partial charge in [-0.2, -0.15) is 0 Å². The number of ether oxygens (including phenoxy) is 2. The quantitative estimate of drug-likeness (QED) is 0.896. The predicted octanol–water partition coefficient (Wildman–Crippen LogP) is 2.75. The molecule has 1 heterocycles. The molecule has 18 heavy (non-hydrogen) atoms. The molecule has 0 bridgehead atoms. The van der Waals surface area contributed by atoms with Gasteiger partial charge in [0.25, 0.3) is 0 Å². The first-order valence-corrected chi connectivity index (χ1v) is 6.56. The van der Waals surface area contributed by atoms with E-state index in [1.165, 1.54) is 5.56 Å². The lowest BCUT2D eigenvalue weighted by Crippen LogP contribution is -2.20. The topological polar surface area (TPSA) is 44.5 Å². The second-order valence-electron chi connectivity index (χ2n) is 5.89. The molecule has 1 aliphatic rings. The van der Waals surface area contributed by atoms with Gasteiger partial charge in [0.15, 0.2) is 6.29 Å². The van der Waals surface area contributed by atoms with Gasteiger partial charge in [0.2, 0.25) is 0 Å². The Balaban J connectivity index is 2.00. The third-order valence-electron chi connectivity index (χ3n) is 3.34. The minimum absolute atomic E-state index is 0.0258. The fraction of sp³-hybridized carbons (Fsp3) is 0.600. The average Bonchev–Trinajstić information content (AvgIpc) is 2.81. The SMILES string of the molecule is CC(C)(C)c1ccc(C(N)CC2OCCO2)cc1. The molecule has 1 atom stereocenters. The number of benzene rings is 1. The first-order chi connectivity index (χ1) is 8.47. The summed E-state index contributed by atoms with van der Waals surface area (Å²) in [5, 5.41) is 0. The summed E-state index contributed by atoms with van der Waals surface area (Å²) in [4.78, 5) is 0. The van der Waals surface area contributed by atoms with Gasteiger partial charge in [0, 0.05) is 12.5 Å². The van der Waals surface area contributed by atoms with E-state index in [4.69, 9.17) is 15.2 Å². The standard InChI is InChI=1S/C15H23NO2/c1-15(2,3)12-6-4-11(5-7-12)13(16)10-14-17-8-9-18-14/h4-7,13-14H,8-10,16H2,1-3H3. The Labute approximate surface area is 109 Å². The molecule has 2 N–H and O–H groups in total. The van der Waals surface area contributed by atoms with E-state index in [-0.39, 0.29) is 17.7 Å². The maximum absolute atomic E-state index is 6.17. The van der Waals surface area contributed by atoms with Crippen molar-refractivity contribution in [2.24, 2.45) is 5.73 Å². The minimum Gasteiger partial charge on any atom is -0.350 e. The smallest absolute Gasteiger partial charge is 0.159 e. The van der Waals surface area contributed by atoms with Crippen LogP contribution in [0.2, 0.25) is 0 Å². The van der Waals surface area contributed by atoms with Crippen molar-refractivity contribution in [3.8, 4) is 0 Å². The lowest BCUT2D eigenvalue weighted by atomic mass is 9.86. The summed E-state index contributed by atoms with van der Waals surface area (Å²) in [6.45, 7) is 7.99. The fourth-order valence-corrected chi connectivity index (χ4v) is 2.12. The second kappa shape index (κ2) is 5.39. The molecule has 0 spiro atoms. The van der Waals surface area contributed by atoms with Gasteiger partial charge < -0.3 is 15.2 Å². The fourth-order valence-electron chi connectivity index (χ4n) is 2.12. The van der Waals surface area contributed by atoms with Crippen LogP contribution in [0.3, 0.4) is 0 Å². The highest BCUT2D eigenvalue weighted by Gasteiger charge is 2.20. The predicted molar refractivity (Wildman–Crippen MR) is 72.4 cm³/mol. The van der Waals surface area contributed by atoms with Gasteiger partial charge in [0.05, 0.1) is 13.2 Å². The summed E-state index contributed by atoms with van der Waals surface area (Å²) in [5.41, 5.74) is 8.82. The van der Waals surface area contributed by atoms with Gasteiger partial charge >= 0.3 is 0 Å². The highest BCUT2D eigenvalue weighted by Crippen LogP contribution is 2.25. The van der Waals surface area contributed by atoms with Gasteiger partial charge in [-0.3, -0.25) is 0 Å². The monoisotopic (exact) mass is 249 g/mol. The third kappa shape index (κ3) is 3.31. The molecule has 1 aliphatic heterocycles. The van der Waals surface area contributed by atoms with Crippen molar-refractivity contribution in [3.05, 3.63) is 35.4 Å². The van der Waals surface area contributed by atoms with E-state index >= 15 is 0 Å². The average molecular weight is 249 g/mol. The normalized spacial score (nSPS) is 19.1. The molecule has 2 rings (SSSR count). The van der Waals surface area contributed by atoms with Crippen LogP contribution in [-0.4, -0.2) is 19.5 Å². The molecule has 1 unspecified atom stereocenters. The van der Waals surface area contributed by atoms with Gasteiger partial charge in [-0.15, -0.1) is 0 Å². The summed E-state index contributed by atoms with van der Waals surface area (Å²) in [6.07, 6.45) is 0.580. The van der Waals surface area contributed by atoms with Gasteiger partial charge in [-0.25, -0.2) is 0 Å². The Bertz CT molecular complexity index is 374. The molecule has 100 valence electrons. The van der Waals surface area contributed by atoms with Gasteiger partial charge in [-0.05, 0) is 16.5 Å². The zero-order valence-electron chi connectivity index (χ0n) is 11.5. The molecular formula is C15H23NO2. The van der Waals surface area contributed by atoms with Crippen LogP contribution in [0, 0.1) is 0 Å². The van der Waals surface area contributed by atoms with Crippen molar-refractivity contribution in [3.63, 3.8) is 0 Å². The van der Waals surface area contributed by atoms with Crippen molar-refractivity contribution in [1.82, 2.24) is 0 Å². The molecule has 3 nitrogen and oxygen atoms in total. The van der Waals surface area contributed by atoms with Crippen LogP contribution < -0.4 is 5.73 Å². The first kappa shape index (κ1) is 13.5. The van der Waals surface area contributed by atoms with Gasteiger partial charge in [0.1, 0.15) is 0 Å². The summed E-state index contributed by atoms with van der Waals surface area (Å²) in [6, 6.07) is 8.51. The van der Waals surface area contributed by atoms with E-state index in [0.29, 0.717) is 13.2 Å². The third-order valence-corrected chi connectivity index (χ3v) is 3.34. The molecular weight excluding hydrogens is 226 g/mol. The summed E-state index contributed by atoms with van der Waals surface area (Å²) < 4.78 is 10.8. The molecule has 1 saturated heterocycles. The van der Waals surface area contributed by atoms with Crippen molar-refractivity contribution in [2.75, 3.05) is 13.2 Å². The molecule has 1 aromatic rings. The lowest BCUT2D eigenvalue weighted by molar-refractivity contribution is -0.0507. The zero-order valence-corrected chi connectivity index (χ0v) is 11.5. The van der Waals surface area contributed by atoms with E-state index in [0.717, 1.165) is 12.0 Å². The highest BCUT2D eigenvalue weighted by molar-refractivity contribution is 5.29. The molecule has 3 heteroatoms. The van der Waals surface area contributed by atoms with Crippen molar-refractivity contribution < 1.29 is 9.47 Å². The number of hydrogen-bond acceptors (Lipinski definition) is 3. The van der Waals surface area contributed by atoms with E-state index in [9.17, 15) is 0 Å². The molecule has 1 fully saturated rings. The summed E-state index contributed by atoms with van der Waals surface area (Å²) in [5.74, 6) is 0. The van der Waals surface area contributed by atoms with Crippen molar-refractivity contribution in [1.29, 1.82) is 0 Å².